The molecule has 1 saturated heterocycles. The van der Waals surface area contributed by atoms with Crippen LogP contribution in [0.5, 0.6) is 0 Å². The van der Waals surface area contributed by atoms with Gasteiger partial charge in [0.05, 0.1) is 0 Å². The molecular weight excluding hydrogens is 150 g/mol. The van der Waals surface area contributed by atoms with E-state index in [9.17, 15) is 0 Å². The van der Waals surface area contributed by atoms with E-state index in [2.05, 4.69) is 10.3 Å². The van der Waals surface area contributed by atoms with E-state index < -0.39 is 0 Å². The first-order valence-electron chi connectivity index (χ1n) is 4.24. The molecule has 1 aliphatic rings. The third-order valence-corrected chi connectivity index (χ3v) is 2.39. The Hall–Kier alpha value is -0.930. The van der Waals surface area contributed by atoms with Crippen molar-refractivity contribution >= 4 is 0 Å². The lowest BCUT2D eigenvalue weighted by atomic mass is 9.90. The maximum atomic E-state index is 6.02. The van der Waals surface area contributed by atoms with Gasteiger partial charge in [-0.3, -0.25) is 4.98 Å². The van der Waals surface area contributed by atoms with Crippen LogP contribution in [0.25, 0.3) is 0 Å². The summed E-state index contributed by atoms with van der Waals surface area (Å²) in [6, 6.07) is 4.12. The fourth-order valence-corrected chi connectivity index (χ4v) is 1.41. The second-order valence-corrected chi connectivity index (χ2v) is 3.23. The molecule has 1 fully saturated rings. The molecule has 0 radical (unpaired) electrons. The van der Waals surface area contributed by atoms with E-state index in [-0.39, 0.29) is 6.04 Å². The van der Waals surface area contributed by atoms with Gasteiger partial charge in [0.15, 0.2) is 0 Å². The number of hydrogen-bond donors (Lipinski definition) is 2. The second kappa shape index (κ2) is 3.21. The summed E-state index contributed by atoms with van der Waals surface area (Å²) < 4.78 is 0. The van der Waals surface area contributed by atoms with Crippen LogP contribution >= 0.6 is 0 Å². The van der Waals surface area contributed by atoms with Crippen molar-refractivity contribution in [3.63, 3.8) is 0 Å². The number of hydrogen-bond acceptors (Lipinski definition) is 3. The lowest BCUT2D eigenvalue weighted by Gasteiger charge is -2.32. The minimum atomic E-state index is 0.153. The highest BCUT2D eigenvalue weighted by molar-refractivity contribution is 5.15. The van der Waals surface area contributed by atoms with Crippen molar-refractivity contribution in [3.8, 4) is 0 Å². The Morgan fingerprint density at radius 2 is 2.42 bits per heavy atom. The van der Waals surface area contributed by atoms with Crippen LogP contribution in [0.4, 0.5) is 0 Å². The van der Waals surface area contributed by atoms with Crippen molar-refractivity contribution < 1.29 is 0 Å². The van der Waals surface area contributed by atoms with Crippen LogP contribution in [0.15, 0.2) is 24.5 Å². The smallest absolute Gasteiger partial charge is 0.0363 e. The molecule has 1 aromatic rings. The highest BCUT2D eigenvalue weighted by Crippen LogP contribution is 2.21. The molecule has 1 atom stereocenters. The van der Waals surface area contributed by atoms with Crippen molar-refractivity contribution in [1.29, 1.82) is 0 Å². The maximum Gasteiger partial charge on any atom is 0.0363 e. The Kier molecular flexibility index (Phi) is 2.06. The van der Waals surface area contributed by atoms with Crippen LogP contribution < -0.4 is 11.1 Å². The van der Waals surface area contributed by atoms with Crippen LogP contribution in [0.2, 0.25) is 0 Å². The predicted octanol–water partition coefficient (Wildman–Crippen LogP) is 0.301. The average molecular weight is 163 g/mol. The summed E-state index contributed by atoms with van der Waals surface area (Å²) in [5.41, 5.74) is 7.16. The lowest BCUT2D eigenvalue weighted by Crippen LogP contribution is -2.47. The number of nitrogens with one attached hydrogen (secondary N) is 1. The minimum absolute atomic E-state index is 0.153. The molecule has 0 bridgehead atoms. The molecule has 1 aliphatic heterocycles. The molecule has 0 aromatic carbocycles. The zero-order chi connectivity index (χ0) is 8.39. The molecule has 0 spiro atoms. The van der Waals surface area contributed by atoms with Crippen molar-refractivity contribution in [2.75, 3.05) is 13.1 Å². The van der Waals surface area contributed by atoms with Gasteiger partial charge in [-0.1, -0.05) is 6.07 Å². The van der Waals surface area contributed by atoms with Gasteiger partial charge >= 0.3 is 0 Å². The summed E-state index contributed by atoms with van der Waals surface area (Å²) >= 11 is 0. The Bertz CT molecular complexity index is 243. The van der Waals surface area contributed by atoms with Crippen molar-refractivity contribution in [2.24, 2.45) is 11.7 Å². The summed E-state index contributed by atoms with van der Waals surface area (Å²) in [5, 5.41) is 3.21. The molecule has 1 unspecified atom stereocenters. The zero-order valence-electron chi connectivity index (χ0n) is 6.90. The monoisotopic (exact) mass is 163 g/mol. The van der Waals surface area contributed by atoms with Gasteiger partial charge in [0.1, 0.15) is 0 Å². The number of pyridine rings is 1. The third kappa shape index (κ3) is 1.33. The fraction of sp³-hybridized carbons (Fsp3) is 0.444. The summed E-state index contributed by atoms with van der Waals surface area (Å²) in [4.78, 5) is 4.05. The van der Waals surface area contributed by atoms with E-state index in [1.54, 1.807) is 6.20 Å². The predicted molar refractivity (Wildman–Crippen MR) is 47.5 cm³/mol. The van der Waals surface area contributed by atoms with Crippen molar-refractivity contribution in [2.45, 2.75) is 6.04 Å². The van der Waals surface area contributed by atoms with E-state index in [1.165, 1.54) is 0 Å². The highest BCUT2D eigenvalue weighted by atomic mass is 15.0. The van der Waals surface area contributed by atoms with Crippen LogP contribution in [0.3, 0.4) is 0 Å². The highest BCUT2D eigenvalue weighted by Gasteiger charge is 2.24. The molecule has 0 amide bonds. The molecule has 0 saturated carbocycles. The molecule has 3 nitrogen and oxygen atoms in total. The first kappa shape index (κ1) is 7.71. The molecule has 12 heavy (non-hydrogen) atoms. The first-order valence-corrected chi connectivity index (χ1v) is 4.24. The maximum absolute atomic E-state index is 6.02. The fourth-order valence-electron chi connectivity index (χ4n) is 1.41. The average Bonchev–Trinajstić information content (AvgIpc) is 2.03. The van der Waals surface area contributed by atoms with Crippen LogP contribution in [-0.2, 0) is 0 Å². The Morgan fingerprint density at radius 3 is 2.92 bits per heavy atom. The Morgan fingerprint density at radius 1 is 1.58 bits per heavy atom. The number of nitrogens with two attached hydrogens (primary N) is 1. The zero-order valence-corrected chi connectivity index (χ0v) is 6.90. The molecule has 2 rings (SSSR count). The number of rotatable bonds is 2. The van der Waals surface area contributed by atoms with E-state index in [0.29, 0.717) is 5.92 Å². The summed E-state index contributed by atoms with van der Waals surface area (Å²) in [6.45, 7) is 2.08. The van der Waals surface area contributed by atoms with Crippen molar-refractivity contribution in [1.82, 2.24) is 10.3 Å². The van der Waals surface area contributed by atoms with E-state index in [0.717, 1.165) is 18.7 Å². The molecule has 1 aromatic heterocycles. The molecule has 64 valence electrons. The van der Waals surface area contributed by atoms with E-state index >= 15 is 0 Å². The minimum Gasteiger partial charge on any atom is -0.324 e. The van der Waals surface area contributed by atoms with E-state index in [1.807, 2.05) is 18.3 Å². The van der Waals surface area contributed by atoms with Crippen molar-refractivity contribution in [3.05, 3.63) is 30.1 Å². The molecule has 3 N–H and O–H groups in total. The normalized spacial score (nSPS) is 20.1. The van der Waals surface area contributed by atoms with E-state index in [4.69, 9.17) is 5.73 Å². The summed E-state index contributed by atoms with van der Waals surface area (Å²) in [7, 11) is 0. The number of nitrogens with zero attached hydrogens (tertiary/aromatic N) is 1. The third-order valence-electron chi connectivity index (χ3n) is 2.39. The van der Waals surface area contributed by atoms with Gasteiger partial charge in [-0.15, -0.1) is 0 Å². The standard InChI is InChI=1S/C9H13N3/c10-9(8-5-12-6-8)7-2-1-3-11-4-7/h1-4,8-9,12H,5-6,10H2. The van der Waals surface area contributed by atoms with Gasteiger partial charge in [0, 0.05) is 37.4 Å². The van der Waals surface area contributed by atoms with Crippen LogP contribution in [-0.4, -0.2) is 18.1 Å². The molecular formula is C9H13N3. The first-order chi connectivity index (χ1) is 5.88. The van der Waals surface area contributed by atoms with Gasteiger partial charge in [-0.2, -0.15) is 0 Å². The van der Waals surface area contributed by atoms with Gasteiger partial charge in [-0.25, -0.2) is 0 Å². The Balaban J connectivity index is 2.08. The molecule has 0 aliphatic carbocycles. The quantitative estimate of drug-likeness (QED) is 0.659. The lowest BCUT2D eigenvalue weighted by molar-refractivity contribution is 0.294. The summed E-state index contributed by atoms with van der Waals surface area (Å²) in [6.07, 6.45) is 3.62. The molecule has 2 heterocycles. The summed E-state index contributed by atoms with van der Waals surface area (Å²) in [5.74, 6) is 0.592. The largest absolute Gasteiger partial charge is 0.324 e. The van der Waals surface area contributed by atoms with Gasteiger partial charge < -0.3 is 11.1 Å². The van der Waals surface area contributed by atoms with Crippen LogP contribution in [0, 0.1) is 5.92 Å². The SMILES string of the molecule is NC(c1cccnc1)C1CNC1. The number of aromatic nitrogens is 1. The Labute approximate surface area is 72.0 Å². The molecule has 3 heteroatoms. The van der Waals surface area contributed by atoms with Gasteiger partial charge in [0.2, 0.25) is 0 Å². The second-order valence-electron chi connectivity index (χ2n) is 3.23. The topological polar surface area (TPSA) is 50.9 Å². The van der Waals surface area contributed by atoms with Gasteiger partial charge in [0.25, 0.3) is 0 Å². The van der Waals surface area contributed by atoms with Crippen LogP contribution in [0.1, 0.15) is 11.6 Å². The van der Waals surface area contributed by atoms with Gasteiger partial charge in [-0.05, 0) is 11.6 Å².